The molecule has 20 heavy (non-hydrogen) atoms. The van der Waals surface area contributed by atoms with Crippen LogP contribution in [-0.4, -0.2) is 44.9 Å². The Morgan fingerprint density at radius 2 is 2.40 bits per heavy atom. The molecule has 3 unspecified atom stereocenters. The second-order valence-electron chi connectivity index (χ2n) is 4.39. The van der Waals surface area contributed by atoms with E-state index in [0.717, 1.165) is 0 Å². The van der Waals surface area contributed by atoms with E-state index in [4.69, 9.17) is 26.8 Å². The molecule has 1 fully saturated rings. The quantitative estimate of drug-likeness (QED) is 0.670. The minimum atomic E-state index is -1.52. The Morgan fingerprint density at radius 1 is 1.60 bits per heavy atom. The highest BCUT2D eigenvalue weighted by molar-refractivity contribution is 7.44. The second-order valence-corrected chi connectivity index (χ2v) is 6.26. The standard InChI is InChI=1S/C10H12ClN5O3P/c1-20(17)10-18-3-5(19-10)2-16-4-13-6-7(11)14-9(12)15-8(6)16/h4-5,10H,2-3H2,1H3,(H2,12,14,15)/q+1. The van der Waals surface area contributed by atoms with Gasteiger partial charge in [0.2, 0.25) is 5.95 Å². The van der Waals surface area contributed by atoms with Gasteiger partial charge in [0.25, 0.3) is 0 Å². The van der Waals surface area contributed by atoms with E-state index < -0.39 is 13.8 Å². The van der Waals surface area contributed by atoms with Crippen molar-refractivity contribution in [2.75, 3.05) is 19.0 Å². The largest absolute Gasteiger partial charge is 0.398 e. The van der Waals surface area contributed by atoms with Crippen molar-refractivity contribution < 1.29 is 14.0 Å². The first-order valence-corrected chi connectivity index (χ1v) is 8.01. The van der Waals surface area contributed by atoms with Crippen LogP contribution in [0.2, 0.25) is 5.15 Å². The number of hydrogen-bond donors (Lipinski definition) is 1. The zero-order valence-corrected chi connectivity index (χ0v) is 12.2. The van der Waals surface area contributed by atoms with Crippen LogP contribution in [0.15, 0.2) is 6.33 Å². The van der Waals surface area contributed by atoms with Crippen molar-refractivity contribution in [1.29, 1.82) is 0 Å². The number of hydrogen-bond acceptors (Lipinski definition) is 7. The van der Waals surface area contributed by atoms with Crippen LogP contribution < -0.4 is 5.73 Å². The predicted octanol–water partition coefficient (Wildman–Crippen LogP) is 1.22. The molecular formula is C10H12ClN5O3P+. The van der Waals surface area contributed by atoms with Gasteiger partial charge in [0.1, 0.15) is 18.3 Å². The van der Waals surface area contributed by atoms with E-state index in [1.54, 1.807) is 17.6 Å². The summed E-state index contributed by atoms with van der Waals surface area (Å²) in [6.45, 7) is 2.40. The summed E-state index contributed by atoms with van der Waals surface area (Å²) in [7, 11) is -1.52. The lowest BCUT2D eigenvalue weighted by atomic mass is 10.4. The first-order valence-electron chi connectivity index (χ1n) is 5.85. The molecule has 0 spiro atoms. The Morgan fingerprint density at radius 3 is 3.10 bits per heavy atom. The Balaban J connectivity index is 1.84. The number of nitrogen functional groups attached to an aromatic ring is 1. The molecule has 2 aromatic rings. The van der Waals surface area contributed by atoms with Crippen LogP contribution in [0.25, 0.3) is 11.2 Å². The highest BCUT2D eigenvalue weighted by atomic mass is 35.5. The van der Waals surface area contributed by atoms with Gasteiger partial charge in [0, 0.05) is 0 Å². The molecule has 1 aliphatic rings. The van der Waals surface area contributed by atoms with E-state index in [0.29, 0.717) is 24.3 Å². The Hall–Kier alpha value is -1.34. The van der Waals surface area contributed by atoms with Crippen molar-refractivity contribution in [2.45, 2.75) is 18.7 Å². The summed E-state index contributed by atoms with van der Waals surface area (Å²) in [4.78, 5) is 12.1. The maximum atomic E-state index is 11.3. The molecular weight excluding hydrogens is 305 g/mol. The molecule has 3 rings (SSSR count). The van der Waals surface area contributed by atoms with Gasteiger partial charge in [-0.1, -0.05) is 16.2 Å². The highest BCUT2D eigenvalue weighted by Gasteiger charge is 2.37. The van der Waals surface area contributed by atoms with Crippen molar-refractivity contribution >= 4 is 36.5 Å². The van der Waals surface area contributed by atoms with Crippen LogP contribution in [0.4, 0.5) is 5.95 Å². The summed E-state index contributed by atoms with van der Waals surface area (Å²) in [6, 6.07) is -0.645. The van der Waals surface area contributed by atoms with Crippen molar-refractivity contribution in [3.63, 3.8) is 0 Å². The number of imidazole rings is 1. The van der Waals surface area contributed by atoms with Gasteiger partial charge < -0.3 is 19.8 Å². The zero-order chi connectivity index (χ0) is 14.3. The molecule has 2 aromatic heterocycles. The van der Waals surface area contributed by atoms with Crippen molar-refractivity contribution in [3.8, 4) is 0 Å². The van der Waals surface area contributed by atoms with Crippen LogP contribution in [-0.2, 0) is 20.6 Å². The third-order valence-corrected chi connectivity index (χ3v) is 4.00. The molecule has 2 N–H and O–H groups in total. The van der Waals surface area contributed by atoms with Crippen LogP contribution in [0.3, 0.4) is 0 Å². The molecule has 3 atom stereocenters. The van der Waals surface area contributed by atoms with E-state index >= 15 is 0 Å². The van der Waals surface area contributed by atoms with E-state index in [-0.39, 0.29) is 17.2 Å². The van der Waals surface area contributed by atoms with E-state index in [9.17, 15) is 4.57 Å². The number of rotatable bonds is 3. The topological polar surface area (TPSA) is 105 Å². The number of halogens is 1. The molecule has 3 heterocycles. The number of nitrogens with zero attached hydrogens (tertiary/aromatic N) is 4. The number of nitrogens with two attached hydrogens (primary N) is 1. The van der Waals surface area contributed by atoms with E-state index in [2.05, 4.69) is 15.0 Å². The Labute approximate surface area is 120 Å². The fourth-order valence-corrected chi connectivity index (χ4v) is 2.86. The van der Waals surface area contributed by atoms with E-state index in [1.807, 2.05) is 0 Å². The first-order chi connectivity index (χ1) is 9.54. The summed E-state index contributed by atoms with van der Waals surface area (Å²) in [5.74, 6) is 0.0855. The third kappa shape index (κ3) is 2.47. The SMILES string of the molecule is C[P+](=O)C1OCC(Cn2cnc3c(Cl)nc(N)nc32)O1. The summed E-state index contributed by atoms with van der Waals surface area (Å²) < 4.78 is 23.9. The third-order valence-electron chi connectivity index (χ3n) is 2.87. The Bertz CT molecular complexity index is 678. The minimum Gasteiger partial charge on any atom is -0.368 e. The molecule has 0 saturated carbocycles. The molecule has 1 aliphatic heterocycles. The average molecular weight is 317 g/mol. The molecule has 0 bridgehead atoms. The molecule has 0 amide bonds. The van der Waals surface area contributed by atoms with Crippen LogP contribution in [0, 0.1) is 0 Å². The van der Waals surface area contributed by atoms with E-state index in [1.165, 1.54) is 0 Å². The highest BCUT2D eigenvalue weighted by Crippen LogP contribution is 2.31. The molecule has 106 valence electrons. The lowest BCUT2D eigenvalue weighted by Gasteiger charge is -2.08. The van der Waals surface area contributed by atoms with Crippen molar-refractivity contribution in [1.82, 2.24) is 19.5 Å². The number of anilines is 1. The van der Waals surface area contributed by atoms with Gasteiger partial charge >= 0.3 is 13.8 Å². The monoisotopic (exact) mass is 316 g/mol. The van der Waals surface area contributed by atoms with Crippen molar-refractivity contribution in [3.05, 3.63) is 11.5 Å². The second kappa shape index (κ2) is 5.21. The minimum absolute atomic E-state index is 0.0855. The van der Waals surface area contributed by atoms with Crippen LogP contribution in [0.5, 0.6) is 0 Å². The van der Waals surface area contributed by atoms with Crippen molar-refractivity contribution in [2.24, 2.45) is 0 Å². The fourth-order valence-electron chi connectivity index (χ4n) is 2.00. The van der Waals surface area contributed by atoms with Gasteiger partial charge in [-0.05, 0) is 0 Å². The maximum Gasteiger partial charge on any atom is 0.398 e. The first kappa shape index (κ1) is 13.6. The van der Waals surface area contributed by atoms with Gasteiger partial charge in [-0.15, -0.1) is 0 Å². The number of ether oxygens (including phenoxy) is 2. The number of aromatic nitrogens is 4. The summed E-state index contributed by atoms with van der Waals surface area (Å²) >= 11 is 5.96. The molecule has 10 heteroatoms. The molecule has 0 radical (unpaired) electrons. The smallest absolute Gasteiger partial charge is 0.368 e. The summed E-state index contributed by atoms with van der Waals surface area (Å²) in [5.41, 5.74) is 6.60. The van der Waals surface area contributed by atoms with Gasteiger partial charge in [-0.2, -0.15) is 9.97 Å². The molecule has 8 nitrogen and oxygen atoms in total. The van der Waals surface area contributed by atoms with Crippen LogP contribution in [0.1, 0.15) is 0 Å². The predicted molar refractivity (Wildman–Crippen MR) is 72.9 cm³/mol. The van der Waals surface area contributed by atoms with Gasteiger partial charge in [0.05, 0.1) is 19.5 Å². The lowest BCUT2D eigenvalue weighted by molar-refractivity contribution is 0.00449. The normalized spacial score (nSPS) is 23.4. The van der Waals surface area contributed by atoms with Gasteiger partial charge in [-0.25, -0.2) is 4.98 Å². The zero-order valence-electron chi connectivity index (χ0n) is 10.6. The summed E-state index contributed by atoms with van der Waals surface area (Å²) in [6.07, 6.45) is 1.37. The fraction of sp³-hybridized carbons (Fsp3) is 0.500. The average Bonchev–Trinajstić information content (AvgIpc) is 2.98. The molecule has 1 saturated heterocycles. The Kier molecular flexibility index (Phi) is 3.55. The molecule has 0 aromatic carbocycles. The van der Waals surface area contributed by atoms with Gasteiger partial charge in [-0.3, -0.25) is 0 Å². The van der Waals surface area contributed by atoms with Crippen LogP contribution >= 0.6 is 19.4 Å². The number of fused-ring (bicyclic) bond motifs is 1. The molecule has 0 aliphatic carbocycles. The maximum absolute atomic E-state index is 11.3. The lowest BCUT2D eigenvalue weighted by Crippen LogP contribution is -2.18. The van der Waals surface area contributed by atoms with Gasteiger partial charge in [0.15, 0.2) is 10.8 Å². The summed E-state index contributed by atoms with van der Waals surface area (Å²) in [5, 5.41) is 0.212.